The minimum atomic E-state index is 0.118. The number of phenols is 1. The van der Waals surface area contributed by atoms with E-state index in [-0.39, 0.29) is 11.8 Å². The molecule has 0 saturated heterocycles. The molecule has 1 aromatic rings. The van der Waals surface area contributed by atoms with Crippen LogP contribution in [0.25, 0.3) is 0 Å². The van der Waals surface area contributed by atoms with Gasteiger partial charge in [-0.15, -0.1) is 0 Å². The van der Waals surface area contributed by atoms with Crippen molar-refractivity contribution >= 4 is 0 Å². The highest BCUT2D eigenvalue weighted by molar-refractivity contribution is 5.41. The summed E-state index contributed by atoms with van der Waals surface area (Å²) in [5, 5.41) is 13.4. The number of ether oxygens (including phenoxy) is 2. The summed E-state index contributed by atoms with van der Waals surface area (Å²) in [6, 6.07) is 5.52. The van der Waals surface area contributed by atoms with Crippen LogP contribution in [-0.4, -0.2) is 31.5 Å². The molecule has 4 heteroatoms. The lowest BCUT2D eigenvalue weighted by molar-refractivity contribution is 0.0759. The second kappa shape index (κ2) is 8.82. The molecular weight excluding hydrogens is 254 g/mol. The largest absolute Gasteiger partial charge is 0.507 e. The van der Waals surface area contributed by atoms with Gasteiger partial charge in [0.2, 0.25) is 0 Å². The number of hydrogen-bond donors (Lipinski definition) is 2. The molecular formula is C16H27NO3. The summed E-state index contributed by atoms with van der Waals surface area (Å²) >= 11 is 0. The molecule has 0 fully saturated rings. The van der Waals surface area contributed by atoms with Gasteiger partial charge in [0.05, 0.1) is 13.2 Å². The van der Waals surface area contributed by atoms with Gasteiger partial charge in [0.15, 0.2) is 0 Å². The number of aromatic hydroxyl groups is 1. The van der Waals surface area contributed by atoms with Crippen molar-refractivity contribution in [2.45, 2.75) is 45.8 Å². The van der Waals surface area contributed by atoms with Crippen molar-refractivity contribution in [2.75, 3.05) is 20.3 Å². The summed E-state index contributed by atoms with van der Waals surface area (Å²) in [5.41, 5.74) is 0.893. The molecule has 1 rings (SSSR count). The van der Waals surface area contributed by atoms with E-state index in [1.54, 1.807) is 13.2 Å². The van der Waals surface area contributed by atoms with E-state index in [2.05, 4.69) is 5.32 Å². The fourth-order valence-corrected chi connectivity index (χ4v) is 1.99. The zero-order chi connectivity index (χ0) is 15.0. The van der Waals surface area contributed by atoms with E-state index in [4.69, 9.17) is 9.47 Å². The molecule has 4 nitrogen and oxygen atoms in total. The van der Waals surface area contributed by atoms with Gasteiger partial charge in [0, 0.05) is 24.3 Å². The van der Waals surface area contributed by atoms with Crippen LogP contribution in [-0.2, 0) is 4.74 Å². The Morgan fingerprint density at radius 1 is 1.20 bits per heavy atom. The zero-order valence-corrected chi connectivity index (χ0v) is 13.0. The Morgan fingerprint density at radius 2 is 1.95 bits per heavy atom. The SMILES string of the molecule is COc1ccc(C(C)NCCCCOC(C)C)c(O)c1. The average Bonchev–Trinajstić information content (AvgIpc) is 2.41. The first-order valence-corrected chi connectivity index (χ1v) is 7.26. The highest BCUT2D eigenvalue weighted by atomic mass is 16.5. The number of benzene rings is 1. The first-order chi connectivity index (χ1) is 9.54. The predicted octanol–water partition coefficient (Wildman–Crippen LogP) is 3.26. The van der Waals surface area contributed by atoms with Crippen molar-refractivity contribution in [1.29, 1.82) is 0 Å². The molecule has 0 bridgehead atoms. The van der Waals surface area contributed by atoms with Gasteiger partial charge >= 0.3 is 0 Å². The molecule has 0 spiro atoms. The molecule has 2 N–H and O–H groups in total. The van der Waals surface area contributed by atoms with Gasteiger partial charge in [-0.3, -0.25) is 0 Å². The maximum Gasteiger partial charge on any atom is 0.124 e. The first kappa shape index (κ1) is 16.8. The monoisotopic (exact) mass is 281 g/mol. The summed E-state index contributed by atoms with van der Waals surface area (Å²) < 4.78 is 10.6. The number of nitrogens with one attached hydrogen (secondary N) is 1. The Bertz CT molecular complexity index is 393. The third kappa shape index (κ3) is 5.80. The number of phenolic OH excluding ortho intramolecular Hbond substituents is 1. The normalized spacial score (nSPS) is 12.7. The van der Waals surface area contributed by atoms with Gasteiger partial charge in [-0.2, -0.15) is 0 Å². The zero-order valence-electron chi connectivity index (χ0n) is 13.0. The van der Waals surface area contributed by atoms with Crippen LogP contribution in [0.15, 0.2) is 18.2 Å². The van der Waals surface area contributed by atoms with Crippen molar-refractivity contribution in [3.05, 3.63) is 23.8 Å². The molecule has 0 amide bonds. The van der Waals surface area contributed by atoms with Crippen LogP contribution in [0, 0.1) is 0 Å². The second-order valence-corrected chi connectivity index (χ2v) is 5.23. The van der Waals surface area contributed by atoms with Gasteiger partial charge in [0.1, 0.15) is 11.5 Å². The van der Waals surface area contributed by atoms with Gasteiger partial charge in [-0.05, 0) is 46.2 Å². The Hall–Kier alpha value is -1.26. The predicted molar refractivity (Wildman–Crippen MR) is 81.4 cm³/mol. The quantitative estimate of drug-likeness (QED) is 0.682. The minimum Gasteiger partial charge on any atom is -0.507 e. The minimum absolute atomic E-state index is 0.118. The van der Waals surface area contributed by atoms with E-state index in [1.165, 1.54) is 0 Å². The lowest BCUT2D eigenvalue weighted by atomic mass is 10.1. The van der Waals surface area contributed by atoms with Crippen LogP contribution in [0.3, 0.4) is 0 Å². The highest BCUT2D eigenvalue weighted by Crippen LogP contribution is 2.28. The molecule has 0 heterocycles. The van der Waals surface area contributed by atoms with Crippen LogP contribution in [0.4, 0.5) is 0 Å². The Kier molecular flexibility index (Phi) is 7.41. The molecule has 0 saturated carbocycles. The lowest BCUT2D eigenvalue weighted by Crippen LogP contribution is -2.20. The van der Waals surface area contributed by atoms with E-state index < -0.39 is 0 Å². The van der Waals surface area contributed by atoms with Crippen molar-refractivity contribution in [3.8, 4) is 11.5 Å². The molecule has 0 radical (unpaired) electrons. The summed E-state index contributed by atoms with van der Waals surface area (Å²) in [4.78, 5) is 0. The number of hydrogen-bond acceptors (Lipinski definition) is 4. The van der Waals surface area contributed by atoms with Crippen molar-refractivity contribution in [1.82, 2.24) is 5.32 Å². The van der Waals surface area contributed by atoms with Gasteiger partial charge in [-0.1, -0.05) is 6.07 Å². The fraction of sp³-hybridized carbons (Fsp3) is 0.625. The smallest absolute Gasteiger partial charge is 0.124 e. The third-order valence-electron chi connectivity index (χ3n) is 3.18. The molecule has 0 aliphatic rings. The molecule has 114 valence electrons. The molecule has 0 aromatic heterocycles. The molecule has 1 atom stereocenters. The summed E-state index contributed by atoms with van der Waals surface area (Å²) in [7, 11) is 1.59. The Morgan fingerprint density at radius 3 is 2.55 bits per heavy atom. The van der Waals surface area contributed by atoms with Gasteiger partial charge in [-0.25, -0.2) is 0 Å². The van der Waals surface area contributed by atoms with E-state index >= 15 is 0 Å². The Balaban J connectivity index is 2.30. The fourth-order valence-electron chi connectivity index (χ4n) is 1.99. The number of rotatable bonds is 9. The summed E-state index contributed by atoms with van der Waals surface area (Å²) in [6.07, 6.45) is 2.42. The standard InChI is InChI=1S/C16H27NO3/c1-12(2)20-10-6-5-9-17-13(3)15-8-7-14(19-4)11-16(15)18/h7-8,11-13,17-18H,5-6,9-10H2,1-4H3. The van der Waals surface area contributed by atoms with Gasteiger partial charge < -0.3 is 19.9 Å². The van der Waals surface area contributed by atoms with Gasteiger partial charge in [0.25, 0.3) is 0 Å². The molecule has 20 heavy (non-hydrogen) atoms. The molecule has 1 unspecified atom stereocenters. The maximum atomic E-state index is 9.95. The van der Waals surface area contributed by atoms with Crippen LogP contribution in [0.1, 0.15) is 45.2 Å². The molecule has 0 aliphatic heterocycles. The number of unbranched alkanes of at least 4 members (excludes halogenated alkanes) is 1. The lowest BCUT2D eigenvalue weighted by Gasteiger charge is -2.16. The van der Waals surface area contributed by atoms with E-state index in [9.17, 15) is 5.11 Å². The number of methoxy groups -OCH3 is 1. The molecule has 1 aromatic carbocycles. The topological polar surface area (TPSA) is 50.7 Å². The second-order valence-electron chi connectivity index (χ2n) is 5.23. The van der Waals surface area contributed by atoms with Crippen LogP contribution >= 0.6 is 0 Å². The van der Waals surface area contributed by atoms with Crippen molar-refractivity contribution in [2.24, 2.45) is 0 Å². The first-order valence-electron chi connectivity index (χ1n) is 7.26. The Labute approximate surface area is 122 Å². The third-order valence-corrected chi connectivity index (χ3v) is 3.18. The van der Waals surface area contributed by atoms with Crippen LogP contribution in [0.5, 0.6) is 11.5 Å². The summed E-state index contributed by atoms with van der Waals surface area (Å²) in [6.45, 7) is 7.86. The average molecular weight is 281 g/mol. The highest BCUT2D eigenvalue weighted by Gasteiger charge is 2.10. The van der Waals surface area contributed by atoms with Crippen LogP contribution < -0.4 is 10.1 Å². The van der Waals surface area contributed by atoms with E-state index in [1.807, 2.05) is 32.9 Å². The van der Waals surface area contributed by atoms with Crippen molar-refractivity contribution < 1.29 is 14.6 Å². The summed E-state index contributed by atoms with van der Waals surface area (Å²) in [5.74, 6) is 0.941. The maximum absolute atomic E-state index is 9.95. The van der Waals surface area contributed by atoms with Crippen molar-refractivity contribution in [3.63, 3.8) is 0 Å². The van der Waals surface area contributed by atoms with E-state index in [0.717, 1.165) is 31.6 Å². The van der Waals surface area contributed by atoms with E-state index in [0.29, 0.717) is 11.9 Å². The van der Waals surface area contributed by atoms with Crippen LogP contribution in [0.2, 0.25) is 0 Å². The molecule has 0 aliphatic carbocycles.